The molecular formula is C18H16N2O. The molecule has 1 aliphatic rings. The number of Topliss-reactive ketones (excluding diaryl/α,β-unsaturated/α-hetero) is 1. The second-order valence-corrected chi connectivity index (χ2v) is 5.26. The topological polar surface area (TPSA) is 64.7 Å². The molecule has 0 spiro atoms. The van der Waals surface area contributed by atoms with Gasteiger partial charge in [0.05, 0.1) is 0 Å². The molecule has 3 heteroatoms. The Hall–Kier alpha value is -2.65. The van der Waals surface area contributed by atoms with Crippen LogP contribution in [0.15, 0.2) is 41.0 Å². The van der Waals surface area contributed by atoms with E-state index in [1.165, 1.54) is 0 Å². The van der Waals surface area contributed by atoms with E-state index in [1.54, 1.807) is 18.2 Å². The maximum atomic E-state index is 12.7. The van der Waals surface area contributed by atoms with E-state index in [9.17, 15) is 15.3 Å². The van der Waals surface area contributed by atoms with Gasteiger partial charge in [0, 0.05) is 16.7 Å². The van der Waals surface area contributed by atoms with Crippen molar-refractivity contribution in [3.63, 3.8) is 0 Å². The average Bonchev–Trinajstić information content (AvgIpc) is 2.76. The monoisotopic (exact) mass is 276 g/mol. The molecular weight excluding hydrogens is 260 g/mol. The molecule has 1 aliphatic carbocycles. The minimum atomic E-state index is -0.0749. The molecule has 0 aromatic heterocycles. The first-order chi connectivity index (χ1) is 10.1. The number of hydrogen-bond donors (Lipinski definition) is 0. The number of nitriles is 2. The van der Waals surface area contributed by atoms with E-state index in [0.717, 1.165) is 12.0 Å². The Morgan fingerprint density at radius 1 is 1.10 bits per heavy atom. The Balaban J connectivity index is 2.92. The molecule has 21 heavy (non-hydrogen) atoms. The summed E-state index contributed by atoms with van der Waals surface area (Å²) in [6, 6.07) is 11.1. The molecule has 0 saturated carbocycles. The molecule has 1 aromatic carbocycles. The molecule has 0 N–H and O–H groups in total. The van der Waals surface area contributed by atoms with Crippen LogP contribution < -0.4 is 0 Å². The van der Waals surface area contributed by atoms with Crippen molar-refractivity contribution in [3.05, 3.63) is 52.1 Å². The third-order valence-electron chi connectivity index (χ3n) is 3.79. The number of ketones is 1. The normalized spacial score (nSPS) is 15.5. The molecule has 0 radical (unpaired) electrons. The number of nitrogens with zero attached hydrogens (tertiary/aromatic N) is 2. The van der Waals surface area contributed by atoms with E-state index in [1.807, 2.05) is 39.0 Å². The lowest BCUT2D eigenvalue weighted by molar-refractivity contribution is 0.104. The number of benzene rings is 1. The van der Waals surface area contributed by atoms with Crippen molar-refractivity contribution < 1.29 is 4.79 Å². The quantitative estimate of drug-likeness (QED) is 0.604. The highest BCUT2D eigenvalue weighted by atomic mass is 16.1. The van der Waals surface area contributed by atoms with Gasteiger partial charge < -0.3 is 0 Å². The number of rotatable bonds is 2. The molecule has 0 aliphatic heterocycles. The average molecular weight is 276 g/mol. The predicted molar refractivity (Wildman–Crippen MR) is 81.1 cm³/mol. The van der Waals surface area contributed by atoms with Crippen molar-refractivity contribution in [2.45, 2.75) is 27.2 Å². The number of carbonyl (C=O) groups excluding carboxylic acids is 1. The Labute approximate surface area is 124 Å². The summed E-state index contributed by atoms with van der Waals surface area (Å²) in [5.41, 5.74) is 3.33. The summed E-state index contributed by atoms with van der Waals surface area (Å²) in [5.74, 6) is 0.117. The van der Waals surface area contributed by atoms with E-state index in [2.05, 4.69) is 0 Å². The third kappa shape index (κ3) is 2.28. The van der Waals surface area contributed by atoms with Gasteiger partial charge in [-0.3, -0.25) is 4.79 Å². The lowest BCUT2D eigenvalue weighted by atomic mass is 9.89. The van der Waals surface area contributed by atoms with Gasteiger partial charge in [0.25, 0.3) is 0 Å². The first kappa shape index (κ1) is 14.8. The maximum absolute atomic E-state index is 12.7. The van der Waals surface area contributed by atoms with Gasteiger partial charge in [-0.1, -0.05) is 50.6 Å². The van der Waals surface area contributed by atoms with E-state index in [-0.39, 0.29) is 17.3 Å². The summed E-state index contributed by atoms with van der Waals surface area (Å²) in [6.45, 7) is 6.05. The van der Waals surface area contributed by atoms with Crippen LogP contribution in [0.4, 0.5) is 0 Å². The smallest absolute Gasteiger partial charge is 0.194 e. The fourth-order valence-corrected chi connectivity index (χ4v) is 2.86. The molecule has 0 bridgehead atoms. The SMILES string of the molecule is CC/C(=C1\C(=O)c2ccccc2C1=C(C#N)C#N)C(C)C. The Morgan fingerprint density at radius 2 is 1.67 bits per heavy atom. The molecule has 2 rings (SSSR count). The van der Waals surface area contributed by atoms with Crippen LogP contribution in [0.2, 0.25) is 0 Å². The van der Waals surface area contributed by atoms with E-state index in [4.69, 9.17) is 0 Å². The fraction of sp³-hybridized carbons (Fsp3) is 0.278. The summed E-state index contributed by atoms with van der Waals surface area (Å²) in [7, 11) is 0. The van der Waals surface area contributed by atoms with Gasteiger partial charge in [0.1, 0.15) is 17.7 Å². The van der Waals surface area contributed by atoms with Crippen molar-refractivity contribution >= 4 is 11.4 Å². The minimum absolute atomic E-state index is 0.00917. The lowest BCUT2D eigenvalue weighted by Crippen LogP contribution is -2.05. The van der Waals surface area contributed by atoms with Gasteiger partial charge in [-0.15, -0.1) is 0 Å². The molecule has 0 fully saturated rings. The van der Waals surface area contributed by atoms with E-state index in [0.29, 0.717) is 22.3 Å². The van der Waals surface area contributed by atoms with Crippen LogP contribution in [-0.4, -0.2) is 5.78 Å². The van der Waals surface area contributed by atoms with Crippen LogP contribution in [0.3, 0.4) is 0 Å². The van der Waals surface area contributed by atoms with Crippen LogP contribution in [0, 0.1) is 28.6 Å². The maximum Gasteiger partial charge on any atom is 0.194 e. The summed E-state index contributed by atoms with van der Waals surface area (Å²) in [6.07, 6.45) is 0.723. The minimum Gasteiger partial charge on any atom is -0.289 e. The van der Waals surface area contributed by atoms with Crippen LogP contribution >= 0.6 is 0 Å². The number of allylic oxidation sites excluding steroid dienone is 4. The van der Waals surface area contributed by atoms with Gasteiger partial charge in [0.2, 0.25) is 0 Å². The van der Waals surface area contributed by atoms with Crippen molar-refractivity contribution in [2.24, 2.45) is 5.92 Å². The zero-order valence-corrected chi connectivity index (χ0v) is 12.4. The zero-order chi connectivity index (χ0) is 15.6. The fourth-order valence-electron chi connectivity index (χ4n) is 2.86. The van der Waals surface area contributed by atoms with Crippen LogP contribution in [0.5, 0.6) is 0 Å². The zero-order valence-electron chi connectivity index (χ0n) is 12.4. The summed E-state index contributed by atoms with van der Waals surface area (Å²) < 4.78 is 0. The van der Waals surface area contributed by atoms with Crippen LogP contribution in [0.25, 0.3) is 5.57 Å². The molecule has 0 saturated heterocycles. The van der Waals surface area contributed by atoms with Gasteiger partial charge >= 0.3 is 0 Å². The first-order valence-electron chi connectivity index (χ1n) is 6.98. The van der Waals surface area contributed by atoms with E-state index >= 15 is 0 Å². The molecule has 1 aromatic rings. The highest BCUT2D eigenvalue weighted by Gasteiger charge is 2.34. The summed E-state index contributed by atoms with van der Waals surface area (Å²) in [4.78, 5) is 12.7. The first-order valence-corrected chi connectivity index (χ1v) is 6.98. The number of fused-ring (bicyclic) bond motifs is 1. The van der Waals surface area contributed by atoms with Gasteiger partial charge in [-0.05, 0) is 17.9 Å². The Kier molecular flexibility index (Phi) is 4.05. The summed E-state index contributed by atoms with van der Waals surface area (Å²) >= 11 is 0. The highest BCUT2D eigenvalue weighted by Crippen LogP contribution is 2.42. The molecule has 0 amide bonds. The predicted octanol–water partition coefficient (Wildman–Crippen LogP) is 4.05. The highest BCUT2D eigenvalue weighted by molar-refractivity contribution is 6.28. The molecule has 0 unspecified atom stereocenters. The second kappa shape index (κ2) is 5.77. The Morgan fingerprint density at radius 3 is 2.14 bits per heavy atom. The number of hydrogen-bond acceptors (Lipinski definition) is 3. The summed E-state index contributed by atoms with van der Waals surface area (Å²) in [5, 5.41) is 18.5. The molecule has 104 valence electrons. The Bertz CT molecular complexity index is 736. The van der Waals surface area contributed by atoms with Crippen LogP contribution in [0.1, 0.15) is 43.1 Å². The van der Waals surface area contributed by atoms with Gasteiger partial charge in [-0.2, -0.15) is 10.5 Å². The largest absolute Gasteiger partial charge is 0.289 e. The van der Waals surface area contributed by atoms with Crippen molar-refractivity contribution in [3.8, 4) is 12.1 Å². The molecule has 0 heterocycles. The van der Waals surface area contributed by atoms with Crippen LogP contribution in [-0.2, 0) is 0 Å². The van der Waals surface area contributed by atoms with Gasteiger partial charge in [-0.25, -0.2) is 0 Å². The van der Waals surface area contributed by atoms with Gasteiger partial charge in [0.15, 0.2) is 5.78 Å². The van der Waals surface area contributed by atoms with E-state index < -0.39 is 0 Å². The third-order valence-corrected chi connectivity index (χ3v) is 3.79. The van der Waals surface area contributed by atoms with Crippen molar-refractivity contribution in [1.82, 2.24) is 0 Å². The lowest BCUT2D eigenvalue weighted by Gasteiger charge is -2.14. The number of carbonyl (C=O) groups is 1. The molecule has 0 atom stereocenters. The molecule has 3 nitrogen and oxygen atoms in total. The van der Waals surface area contributed by atoms with Crippen molar-refractivity contribution in [1.29, 1.82) is 10.5 Å². The van der Waals surface area contributed by atoms with Crippen molar-refractivity contribution in [2.75, 3.05) is 0 Å². The second-order valence-electron chi connectivity index (χ2n) is 5.26. The standard InChI is InChI=1S/C18H16N2O/c1-4-13(11(2)3)17-16(12(9-19)10-20)14-7-5-6-8-15(14)18(17)21/h5-8,11H,4H2,1-3H3/b17-13+.